The van der Waals surface area contributed by atoms with Crippen LogP contribution in [0.2, 0.25) is 0 Å². The molecule has 14 heavy (non-hydrogen) atoms. The molecule has 0 saturated heterocycles. The third-order valence-corrected chi connectivity index (χ3v) is 2.27. The Morgan fingerprint density at radius 2 is 1.71 bits per heavy atom. The molecule has 2 N–H and O–H groups in total. The summed E-state index contributed by atoms with van der Waals surface area (Å²) in [7, 11) is 0. The fourth-order valence-corrected chi connectivity index (χ4v) is 1.49. The minimum atomic E-state index is -0.622. The van der Waals surface area contributed by atoms with Crippen LogP contribution in [0.1, 0.15) is 12.8 Å². The van der Waals surface area contributed by atoms with Gasteiger partial charge in [0.1, 0.15) is 23.5 Å². The van der Waals surface area contributed by atoms with Crippen LogP contribution in [0.25, 0.3) is 0 Å². The second-order valence-electron chi connectivity index (χ2n) is 3.58. The van der Waals surface area contributed by atoms with Crippen LogP contribution in [0.4, 0.5) is 8.78 Å². The highest BCUT2D eigenvalue weighted by Gasteiger charge is 2.27. The number of hydrogen-bond acceptors (Lipinski definition) is 2. The predicted molar refractivity (Wildman–Crippen MR) is 48.0 cm³/mol. The third-order valence-electron chi connectivity index (χ3n) is 2.27. The van der Waals surface area contributed by atoms with E-state index < -0.39 is 11.6 Å². The van der Waals surface area contributed by atoms with Crippen molar-refractivity contribution in [1.82, 2.24) is 0 Å². The lowest BCUT2D eigenvalue weighted by atomic mass is 9.90. The van der Waals surface area contributed by atoms with E-state index >= 15 is 0 Å². The number of ether oxygens (including phenoxy) is 1. The smallest absolute Gasteiger partial charge is 0.129 e. The normalized spacial score (nSPS) is 25.6. The average molecular weight is 199 g/mol. The van der Waals surface area contributed by atoms with Crippen LogP contribution in [-0.4, -0.2) is 12.1 Å². The first-order chi connectivity index (χ1) is 6.63. The Balaban J connectivity index is 2.02. The first kappa shape index (κ1) is 9.40. The van der Waals surface area contributed by atoms with Gasteiger partial charge in [0, 0.05) is 24.2 Å². The fourth-order valence-electron chi connectivity index (χ4n) is 1.49. The van der Waals surface area contributed by atoms with Gasteiger partial charge in [-0.15, -0.1) is 0 Å². The molecule has 0 radical (unpaired) electrons. The largest absolute Gasteiger partial charge is 0.490 e. The van der Waals surface area contributed by atoms with Crippen molar-refractivity contribution in [2.24, 2.45) is 5.73 Å². The monoisotopic (exact) mass is 199 g/mol. The quantitative estimate of drug-likeness (QED) is 0.788. The van der Waals surface area contributed by atoms with Gasteiger partial charge in [-0.2, -0.15) is 0 Å². The van der Waals surface area contributed by atoms with Crippen LogP contribution in [0.5, 0.6) is 5.75 Å². The maximum Gasteiger partial charge on any atom is 0.129 e. The Morgan fingerprint density at radius 3 is 2.21 bits per heavy atom. The van der Waals surface area contributed by atoms with E-state index in [1.54, 1.807) is 0 Å². The number of halogens is 2. The Labute approximate surface area is 80.7 Å². The Kier molecular flexibility index (Phi) is 2.37. The maximum atomic E-state index is 12.7. The molecule has 1 fully saturated rings. The van der Waals surface area contributed by atoms with Gasteiger partial charge in [0.05, 0.1) is 0 Å². The van der Waals surface area contributed by atoms with Gasteiger partial charge in [0.2, 0.25) is 0 Å². The van der Waals surface area contributed by atoms with Crippen molar-refractivity contribution in [2.45, 2.75) is 25.0 Å². The fraction of sp³-hybridized carbons (Fsp3) is 0.400. The first-order valence-corrected chi connectivity index (χ1v) is 4.52. The molecule has 0 unspecified atom stereocenters. The molecule has 0 aliphatic heterocycles. The molecule has 0 aromatic heterocycles. The highest BCUT2D eigenvalue weighted by molar-refractivity contribution is 5.24. The van der Waals surface area contributed by atoms with Gasteiger partial charge < -0.3 is 10.5 Å². The molecule has 4 heteroatoms. The van der Waals surface area contributed by atoms with Crippen molar-refractivity contribution in [3.8, 4) is 5.75 Å². The molecule has 2 nitrogen and oxygen atoms in total. The summed E-state index contributed by atoms with van der Waals surface area (Å²) in [6, 6.07) is 3.33. The lowest BCUT2D eigenvalue weighted by molar-refractivity contribution is 0.100. The van der Waals surface area contributed by atoms with Gasteiger partial charge in [-0.05, 0) is 12.8 Å². The Morgan fingerprint density at radius 1 is 1.14 bits per heavy atom. The predicted octanol–water partition coefficient (Wildman–Crippen LogP) is 1.83. The van der Waals surface area contributed by atoms with E-state index in [-0.39, 0.29) is 17.9 Å². The second kappa shape index (κ2) is 3.53. The van der Waals surface area contributed by atoms with Crippen LogP contribution < -0.4 is 10.5 Å². The molecule has 0 amide bonds. The highest BCUT2D eigenvalue weighted by atomic mass is 19.1. The summed E-state index contributed by atoms with van der Waals surface area (Å²) in [6.07, 6.45) is 1.50. The summed E-state index contributed by atoms with van der Waals surface area (Å²) in [6.45, 7) is 0. The van der Waals surface area contributed by atoms with Crippen molar-refractivity contribution in [3.05, 3.63) is 29.8 Å². The maximum absolute atomic E-state index is 12.7. The molecule has 1 aromatic rings. The summed E-state index contributed by atoms with van der Waals surface area (Å²) < 4.78 is 30.8. The molecule has 1 aliphatic rings. The van der Waals surface area contributed by atoms with Gasteiger partial charge in [-0.25, -0.2) is 8.78 Å². The third kappa shape index (κ3) is 2.01. The Bertz CT molecular complexity index is 317. The van der Waals surface area contributed by atoms with Gasteiger partial charge in [-0.1, -0.05) is 0 Å². The summed E-state index contributed by atoms with van der Waals surface area (Å²) >= 11 is 0. The van der Waals surface area contributed by atoms with Crippen LogP contribution in [0, 0.1) is 11.6 Å². The van der Waals surface area contributed by atoms with Gasteiger partial charge in [0.15, 0.2) is 0 Å². The molecule has 1 aliphatic carbocycles. The molecule has 2 rings (SSSR count). The van der Waals surface area contributed by atoms with Crippen molar-refractivity contribution in [1.29, 1.82) is 0 Å². The summed E-state index contributed by atoms with van der Waals surface area (Å²) in [5.41, 5.74) is 5.55. The number of rotatable bonds is 2. The van der Waals surface area contributed by atoms with Crippen LogP contribution in [0.3, 0.4) is 0 Å². The van der Waals surface area contributed by atoms with Gasteiger partial charge in [-0.3, -0.25) is 0 Å². The number of benzene rings is 1. The summed E-state index contributed by atoms with van der Waals surface area (Å²) in [5.74, 6) is -1.01. The summed E-state index contributed by atoms with van der Waals surface area (Å²) in [4.78, 5) is 0. The molecule has 1 saturated carbocycles. The number of nitrogens with two attached hydrogens (primary N) is 1. The van der Waals surface area contributed by atoms with Gasteiger partial charge >= 0.3 is 0 Å². The Hall–Kier alpha value is -1.16. The topological polar surface area (TPSA) is 35.2 Å². The van der Waals surface area contributed by atoms with Gasteiger partial charge in [0.25, 0.3) is 0 Å². The molecular formula is C10H11F2NO. The summed E-state index contributed by atoms with van der Waals surface area (Å²) in [5, 5.41) is 0. The molecule has 0 spiro atoms. The second-order valence-corrected chi connectivity index (χ2v) is 3.58. The van der Waals surface area contributed by atoms with Crippen molar-refractivity contribution in [3.63, 3.8) is 0 Å². The van der Waals surface area contributed by atoms with E-state index in [0.29, 0.717) is 0 Å². The van der Waals surface area contributed by atoms with E-state index in [4.69, 9.17) is 10.5 Å². The molecule has 0 atom stereocenters. The molecular weight excluding hydrogens is 188 g/mol. The molecule has 0 heterocycles. The first-order valence-electron chi connectivity index (χ1n) is 4.52. The zero-order chi connectivity index (χ0) is 10.1. The molecule has 0 bridgehead atoms. The van der Waals surface area contributed by atoms with E-state index in [1.165, 1.54) is 12.1 Å². The van der Waals surface area contributed by atoms with Crippen LogP contribution >= 0.6 is 0 Å². The standard InChI is InChI=1S/C10H11F2NO/c11-6-1-7(12)3-9(2-6)14-10-4-8(13)5-10/h1-3,8,10H,4-5,13H2/t8-,10-. The van der Waals surface area contributed by atoms with Crippen molar-refractivity contribution in [2.75, 3.05) is 0 Å². The van der Waals surface area contributed by atoms with Crippen molar-refractivity contribution >= 4 is 0 Å². The van der Waals surface area contributed by atoms with E-state index in [0.717, 1.165) is 18.9 Å². The lowest BCUT2D eigenvalue weighted by Crippen LogP contribution is -2.43. The van der Waals surface area contributed by atoms with Crippen LogP contribution in [0.15, 0.2) is 18.2 Å². The SMILES string of the molecule is N[C@H]1C[C@H](Oc2cc(F)cc(F)c2)C1. The van der Waals surface area contributed by atoms with Crippen molar-refractivity contribution < 1.29 is 13.5 Å². The van der Waals surface area contributed by atoms with E-state index in [2.05, 4.69) is 0 Å². The zero-order valence-electron chi connectivity index (χ0n) is 7.54. The molecule has 76 valence electrons. The van der Waals surface area contributed by atoms with E-state index in [1.807, 2.05) is 0 Å². The minimum Gasteiger partial charge on any atom is -0.490 e. The zero-order valence-corrected chi connectivity index (χ0v) is 7.54. The minimum absolute atomic E-state index is 0.00574. The number of hydrogen-bond donors (Lipinski definition) is 1. The van der Waals surface area contributed by atoms with Crippen LogP contribution in [-0.2, 0) is 0 Å². The average Bonchev–Trinajstić information content (AvgIpc) is 1.99. The lowest BCUT2D eigenvalue weighted by Gasteiger charge is -2.32. The molecule has 1 aromatic carbocycles. The van der Waals surface area contributed by atoms with E-state index in [9.17, 15) is 8.78 Å². The highest BCUT2D eigenvalue weighted by Crippen LogP contribution is 2.25.